The first-order chi connectivity index (χ1) is 52.7. The number of amides is 8. The van der Waals surface area contributed by atoms with Crippen molar-refractivity contribution in [2.24, 2.45) is 11.8 Å². The number of ether oxygens (including phenoxy) is 10. The maximum absolute atomic E-state index is 14.6. The van der Waals surface area contributed by atoms with Crippen molar-refractivity contribution in [2.75, 3.05) is 125 Å². The van der Waals surface area contributed by atoms with Crippen molar-refractivity contribution >= 4 is 53.0 Å². The molecular weight excluding hydrogens is 1410 g/mol. The fourth-order valence-corrected chi connectivity index (χ4v) is 18.2. The molecule has 0 aliphatic carbocycles. The van der Waals surface area contributed by atoms with E-state index in [9.17, 15) is 48.3 Å². The Bertz CT molecular complexity index is 3400. The molecule has 4 unspecified atom stereocenters. The van der Waals surface area contributed by atoms with Crippen LogP contribution in [0.2, 0.25) is 0 Å². The number of fused-ring (bicyclic) bond motifs is 18. The lowest BCUT2D eigenvalue weighted by Crippen LogP contribution is -2.61. The van der Waals surface area contributed by atoms with E-state index in [2.05, 4.69) is 56.5 Å². The van der Waals surface area contributed by atoms with Gasteiger partial charge in [-0.1, -0.05) is 56.8 Å². The number of hydrogen-bond acceptors (Lipinski definition) is 23. The predicted octanol–water partition coefficient (Wildman–Crippen LogP) is 0.935. The van der Waals surface area contributed by atoms with E-state index in [1.54, 1.807) is 31.4 Å². The summed E-state index contributed by atoms with van der Waals surface area (Å²) in [5.41, 5.74) is 2.74. The van der Waals surface area contributed by atoms with E-state index in [0.717, 1.165) is 43.3 Å². The van der Waals surface area contributed by atoms with Gasteiger partial charge in [0, 0.05) is 155 Å². The van der Waals surface area contributed by atoms with Gasteiger partial charge in [0.15, 0.2) is 5.79 Å². The smallest absolute Gasteiger partial charge is 0.253 e. The normalized spacial score (nSPS) is 35.6. The van der Waals surface area contributed by atoms with Gasteiger partial charge in [-0.05, 0) is 80.4 Å². The molecule has 22 atom stereocenters. The van der Waals surface area contributed by atoms with E-state index < -0.39 is 104 Å². The Hall–Kier alpha value is -6.49. The van der Waals surface area contributed by atoms with Gasteiger partial charge in [0.25, 0.3) is 11.8 Å². The number of unbranched alkanes of at least 4 members (excludes halogenated alkanes) is 2. The lowest BCUT2D eigenvalue weighted by atomic mass is 9.81. The molecule has 109 heavy (non-hydrogen) atoms. The molecule has 14 heterocycles. The minimum absolute atomic E-state index is 0.0182. The van der Waals surface area contributed by atoms with E-state index in [1.807, 2.05) is 15.9 Å². The van der Waals surface area contributed by atoms with Crippen LogP contribution in [-0.4, -0.2) is 317 Å². The molecule has 1 spiro atoms. The van der Waals surface area contributed by atoms with E-state index >= 15 is 0 Å². The molecule has 0 aromatic heterocycles. The quantitative estimate of drug-likeness (QED) is 0.0504. The molecule has 14 aliphatic heterocycles. The third-order valence-electron chi connectivity index (χ3n) is 24.3. The van der Waals surface area contributed by atoms with Crippen molar-refractivity contribution in [2.45, 2.75) is 232 Å². The number of nitrogens with one attached hydrogen (secondary N) is 5. The van der Waals surface area contributed by atoms with Crippen molar-refractivity contribution in [3.8, 4) is 0 Å². The number of aliphatic hydroxyl groups excluding tert-OH is 1. The Morgan fingerprint density at radius 2 is 1.30 bits per heavy atom. The molecule has 30 nitrogen and oxygen atoms in total. The highest BCUT2D eigenvalue weighted by atomic mass is 16.8. The number of benzene rings is 1. The lowest BCUT2D eigenvalue weighted by Gasteiger charge is -2.47. The number of methoxy groups -OCH3 is 1. The summed E-state index contributed by atoms with van der Waals surface area (Å²) in [6.07, 6.45) is 5.81. The van der Waals surface area contributed by atoms with E-state index in [0.29, 0.717) is 149 Å². The molecule has 1 aromatic rings. The summed E-state index contributed by atoms with van der Waals surface area (Å²) >= 11 is 0. The van der Waals surface area contributed by atoms with Crippen LogP contribution < -0.4 is 26.6 Å². The number of hydrogen-bond donors (Lipinski definition) is 6. The van der Waals surface area contributed by atoms with Gasteiger partial charge in [-0.2, -0.15) is 0 Å². The van der Waals surface area contributed by atoms with Crippen molar-refractivity contribution in [1.82, 2.24) is 51.1 Å². The largest absolute Gasteiger partial charge is 0.391 e. The number of ketones is 1. The molecule has 30 heteroatoms. The third-order valence-corrected chi connectivity index (χ3v) is 24.3. The van der Waals surface area contributed by atoms with Crippen LogP contribution >= 0.6 is 0 Å². The predicted molar refractivity (Wildman–Crippen MR) is 392 cm³/mol. The van der Waals surface area contributed by atoms with Crippen molar-refractivity contribution < 1.29 is 95.6 Å². The van der Waals surface area contributed by atoms with Crippen LogP contribution in [0, 0.1) is 11.8 Å². The molecular formula is C79H114N10O20. The molecule has 13 saturated heterocycles. The Morgan fingerprint density at radius 3 is 2.06 bits per heavy atom. The number of rotatable bonds is 23. The summed E-state index contributed by atoms with van der Waals surface area (Å²) in [6, 6.07) is 7.81. The Balaban J connectivity index is 0.566. The topological polar surface area (TPSA) is 343 Å². The van der Waals surface area contributed by atoms with E-state index in [1.165, 1.54) is 17.1 Å². The first-order valence-electron chi connectivity index (χ1n) is 40.0. The summed E-state index contributed by atoms with van der Waals surface area (Å²) in [5.74, 6) is -4.71. The van der Waals surface area contributed by atoms with Gasteiger partial charge < -0.3 is 84.0 Å². The highest BCUT2D eigenvalue weighted by Gasteiger charge is 2.69. The van der Waals surface area contributed by atoms with Crippen LogP contribution in [0.25, 0.3) is 0 Å². The first-order valence-corrected chi connectivity index (χ1v) is 40.0. The monoisotopic (exact) mass is 1520 g/mol. The van der Waals surface area contributed by atoms with Gasteiger partial charge >= 0.3 is 0 Å². The number of Topliss-reactive ketones (excluding diaryl/α,β-unsaturated/α-hetero) is 1. The standard InChI is InChI=1S/C79H114N10O20/c1-48-35-54-14-16-59-49(2)36-56(102-59)20-21-79-42-64-74(108-79)75-76(107-64)77(109-79)73-60(106-75)17-15-55(104-73)38-52(90)39-57-62(41-61(103-54)50(48)3)105-63(72(57)100-4)40-53(91)43-80-66(93)45-83-78(99)58(37-51-11-7-5-8-12-51)84-67(94)46-81-65(92)44-82-68(95)47-87-25-23-85-27-29-88(30-28-86(24-26-87)32-34-101-33-31-85)69(96)13-9-6-10-22-89-70(97)18-19-71(89)98/h5,7-8,11-12,18-19,48,53-64,72-77,91H,2-3,6,9-10,13-17,20-47H2,1,4H3,(H,80,93)(H,81,92)(H,82,95)(H,83,99)(H,84,94)/t48-,53+,54+,55-,56+,57+,58+,59+,60+,61-,62+,63-,64-,72-,73+,74+,75?,76?,77+,79+/m1/s1. The van der Waals surface area contributed by atoms with Gasteiger partial charge in [-0.25, -0.2) is 0 Å². The average molecular weight is 1520 g/mol. The number of imide groups is 1. The highest BCUT2D eigenvalue weighted by molar-refractivity contribution is 6.12. The Labute approximate surface area is 638 Å². The number of carbonyl (C=O) groups is 9. The second kappa shape index (κ2) is 37.4. The molecule has 600 valence electrons. The number of aliphatic hydroxyl groups is 1. The van der Waals surface area contributed by atoms with Crippen LogP contribution in [0.3, 0.4) is 0 Å². The molecule has 14 aliphatic rings. The van der Waals surface area contributed by atoms with Crippen LogP contribution in [0.5, 0.6) is 0 Å². The van der Waals surface area contributed by atoms with Crippen molar-refractivity contribution in [3.63, 3.8) is 0 Å². The van der Waals surface area contributed by atoms with Crippen LogP contribution in [-0.2, 0) is 96.9 Å². The Kier molecular flexibility index (Phi) is 27.7. The molecule has 8 amide bonds. The minimum Gasteiger partial charge on any atom is -0.391 e. The Morgan fingerprint density at radius 1 is 0.633 bits per heavy atom. The fourth-order valence-electron chi connectivity index (χ4n) is 18.2. The van der Waals surface area contributed by atoms with Crippen LogP contribution in [0.4, 0.5) is 0 Å². The van der Waals surface area contributed by atoms with Crippen molar-refractivity contribution in [1.29, 1.82) is 0 Å². The first kappa shape index (κ1) is 80.6. The van der Waals surface area contributed by atoms with Gasteiger partial charge in [0.05, 0.1) is 107 Å². The molecule has 13 fully saturated rings. The van der Waals surface area contributed by atoms with E-state index in [4.69, 9.17) is 47.4 Å². The second-order valence-electron chi connectivity index (χ2n) is 32.0. The molecule has 0 radical (unpaired) electrons. The minimum atomic E-state index is -1.17. The van der Waals surface area contributed by atoms with Gasteiger partial charge in [-0.3, -0.25) is 62.8 Å². The van der Waals surface area contributed by atoms with Crippen LogP contribution in [0.15, 0.2) is 66.8 Å². The summed E-state index contributed by atoms with van der Waals surface area (Å²) in [7, 11) is 1.57. The molecule has 1 aromatic carbocycles. The second-order valence-corrected chi connectivity index (χ2v) is 32.0. The zero-order valence-corrected chi connectivity index (χ0v) is 63.3. The van der Waals surface area contributed by atoms with Gasteiger partial charge in [0.1, 0.15) is 42.3 Å². The zero-order chi connectivity index (χ0) is 76.3. The zero-order valence-electron chi connectivity index (χ0n) is 63.3. The molecule has 6 N–H and O–H groups in total. The summed E-state index contributed by atoms with van der Waals surface area (Å²) in [4.78, 5) is 129. The SMILES string of the molecule is C=C1C[C@@H]2CC[C@@]34C[C@H]5OC6C(O[C@H]7CC[C@H](CC(=O)C[C@@H]8[C@@H](OC)[C@@H](C[C@H](O)CNC(=O)CNC(=O)[C@H](Cc9ccccc9)NC(=O)CNC(=O)CNC(=O)CN9CCN%10CCOCCN(CC9)CCN(C(=O)CCCCCN9C(=O)C=CC9=O)CC%10)O[C@H]8C[C@H]8O[C@@H](CC[C@@H]1O2)C[C@@H](C)C8=C)O[C@@H]7[C@@H]6O3)[C@H]5O4. The molecule has 0 saturated carbocycles. The maximum Gasteiger partial charge on any atom is 0.253 e. The summed E-state index contributed by atoms with van der Waals surface area (Å²) < 4.78 is 67.0. The summed E-state index contributed by atoms with van der Waals surface area (Å²) in [6.45, 7) is 16.8. The molecule has 14 bridgehead atoms. The van der Waals surface area contributed by atoms with Gasteiger partial charge in [0.2, 0.25) is 35.4 Å². The maximum atomic E-state index is 14.6. The average Bonchev–Trinajstić information content (AvgIpc) is 1.55. The van der Waals surface area contributed by atoms with Gasteiger partial charge in [-0.15, -0.1) is 0 Å². The fraction of sp³-hybridized carbons (Fsp3) is 0.734. The van der Waals surface area contributed by atoms with Crippen molar-refractivity contribution in [3.05, 3.63) is 72.4 Å². The number of carbonyl (C=O) groups excluding carboxylic acids is 9. The van der Waals surface area contributed by atoms with Crippen LogP contribution in [0.1, 0.15) is 122 Å². The highest BCUT2D eigenvalue weighted by Crippen LogP contribution is 2.55. The third kappa shape index (κ3) is 20.9. The number of nitrogens with zero attached hydrogens (tertiary/aromatic N) is 5. The van der Waals surface area contributed by atoms with E-state index in [-0.39, 0.29) is 129 Å². The summed E-state index contributed by atoms with van der Waals surface area (Å²) in [5, 5.41) is 24.9. The lowest BCUT2D eigenvalue weighted by molar-refractivity contribution is -0.292. The molecule has 15 rings (SSSR count).